The van der Waals surface area contributed by atoms with Gasteiger partial charge in [0.1, 0.15) is 5.75 Å². The van der Waals surface area contributed by atoms with E-state index in [4.69, 9.17) is 10.5 Å². The van der Waals surface area contributed by atoms with E-state index in [0.29, 0.717) is 36.8 Å². The zero-order valence-electron chi connectivity index (χ0n) is 13.4. The van der Waals surface area contributed by atoms with Crippen LogP contribution in [0.25, 0.3) is 0 Å². The van der Waals surface area contributed by atoms with Crippen molar-refractivity contribution in [3.8, 4) is 5.75 Å². The van der Waals surface area contributed by atoms with Gasteiger partial charge in [0.25, 0.3) is 0 Å². The summed E-state index contributed by atoms with van der Waals surface area (Å²) in [4.78, 5) is 2.51. The molecule has 1 aromatic carbocycles. The molecule has 6 nitrogen and oxygen atoms in total. The number of ether oxygens (including phenoxy) is 1. The van der Waals surface area contributed by atoms with Gasteiger partial charge in [-0.3, -0.25) is 4.90 Å². The number of nitrogens with two attached hydrogens (primary N) is 1. The van der Waals surface area contributed by atoms with Crippen LogP contribution in [-0.4, -0.2) is 63.0 Å². The van der Waals surface area contributed by atoms with Gasteiger partial charge in [0.15, 0.2) is 0 Å². The lowest BCUT2D eigenvalue weighted by Gasteiger charge is -2.37. The highest BCUT2D eigenvalue weighted by Crippen LogP contribution is 2.20. The van der Waals surface area contributed by atoms with Gasteiger partial charge in [-0.2, -0.15) is 4.31 Å². The van der Waals surface area contributed by atoms with E-state index < -0.39 is 10.0 Å². The van der Waals surface area contributed by atoms with Crippen LogP contribution in [0.15, 0.2) is 29.2 Å². The van der Waals surface area contributed by atoms with Crippen molar-refractivity contribution in [1.82, 2.24) is 9.21 Å². The summed E-state index contributed by atoms with van der Waals surface area (Å²) in [5, 5.41) is 0. The van der Waals surface area contributed by atoms with E-state index in [1.807, 2.05) is 13.8 Å². The van der Waals surface area contributed by atoms with E-state index in [9.17, 15) is 8.42 Å². The summed E-state index contributed by atoms with van der Waals surface area (Å²) in [7, 11) is -1.88. The third-order valence-corrected chi connectivity index (χ3v) is 5.57. The van der Waals surface area contributed by atoms with E-state index in [-0.39, 0.29) is 5.54 Å². The molecular weight excluding hydrogens is 302 g/mol. The lowest BCUT2D eigenvalue weighted by atomic mass is 10.1. The molecule has 2 rings (SSSR count). The van der Waals surface area contributed by atoms with E-state index in [1.54, 1.807) is 31.4 Å². The molecule has 0 aliphatic carbocycles. The molecule has 1 aliphatic rings. The van der Waals surface area contributed by atoms with Gasteiger partial charge >= 0.3 is 0 Å². The van der Waals surface area contributed by atoms with Crippen LogP contribution in [0.2, 0.25) is 0 Å². The highest BCUT2D eigenvalue weighted by molar-refractivity contribution is 7.89. The minimum atomic E-state index is -3.43. The van der Waals surface area contributed by atoms with Crippen molar-refractivity contribution in [2.24, 2.45) is 5.73 Å². The molecule has 1 saturated heterocycles. The molecule has 22 heavy (non-hydrogen) atoms. The molecule has 0 atom stereocenters. The maximum absolute atomic E-state index is 12.6. The van der Waals surface area contributed by atoms with Gasteiger partial charge in [0, 0.05) is 38.3 Å². The summed E-state index contributed by atoms with van der Waals surface area (Å²) in [6.07, 6.45) is 0. The molecule has 0 bridgehead atoms. The molecule has 1 aliphatic heterocycles. The van der Waals surface area contributed by atoms with Crippen LogP contribution >= 0.6 is 0 Å². The topological polar surface area (TPSA) is 75.9 Å². The summed E-state index contributed by atoms with van der Waals surface area (Å²) in [6.45, 7) is 7.12. The standard InChI is InChI=1S/C15H25N3O3S/c1-15(2,16)12-17-8-10-18(11-9-17)22(19,20)14-6-4-13(21-3)5-7-14/h4-7H,8-12,16H2,1-3H3. The van der Waals surface area contributed by atoms with Crippen LogP contribution in [-0.2, 0) is 10.0 Å². The Labute approximate surface area is 132 Å². The Bertz CT molecular complexity index is 585. The molecule has 7 heteroatoms. The summed E-state index contributed by atoms with van der Waals surface area (Å²) >= 11 is 0. The fraction of sp³-hybridized carbons (Fsp3) is 0.600. The monoisotopic (exact) mass is 327 g/mol. The zero-order valence-corrected chi connectivity index (χ0v) is 14.3. The second-order valence-corrected chi connectivity index (χ2v) is 8.28. The van der Waals surface area contributed by atoms with E-state index >= 15 is 0 Å². The molecule has 124 valence electrons. The summed E-state index contributed by atoms with van der Waals surface area (Å²) in [5.41, 5.74) is 5.75. The van der Waals surface area contributed by atoms with Gasteiger partial charge in [-0.1, -0.05) is 0 Å². The third-order valence-electron chi connectivity index (χ3n) is 3.66. The van der Waals surface area contributed by atoms with Crippen molar-refractivity contribution >= 4 is 10.0 Å². The number of hydrogen-bond donors (Lipinski definition) is 1. The first kappa shape index (κ1) is 17.2. The summed E-state index contributed by atoms with van der Waals surface area (Å²) in [5.74, 6) is 0.647. The molecule has 0 spiro atoms. The number of piperazine rings is 1. The number of sulfonamides is 1. The molecule has 0 saturated carbocycles. The summed E-state index contributed by atoms with van der Waals surface area (Å²) in [6, 6.07) is 6.51. The zero-order chi connectivity index (χ0) is 16.4. The van der Waals surface area contributed by atoms with E-state index in [1.165, 1.54) is 4.31 Å². The Morgan fingerprint density at radius 1 is 1.14 bits per heavy atom. The first-order valence-corrected chi connectivity index (χ1v) is 8.82. The number of methoxy groups -OCH3 is 1. The smallest absolute Gasteiger partial charge is 0.243 e. The maximum atomic E-state index is 12.6. The predicted octanol–water partition coefficient (Wildman–Crippen LogP) is 0.739. The van der Waals surface area contributed by atoms with Gasteiger partial charge in [0.2, 0.25) is 10.0 Å². The Morgan fingerprint density at radius 3 is 2.14 bits per heavy atom. The number of rotatable bonds is 5. The highest BCUT2D eigenvalue weighted by Gasteiger charge is 2.29. The SMILES string of the molecule is COc1ccc(S(=O)(=O)N2CCN(CC(C)(C)N)CC2)cc1. The van der Waals surface area contributed by atoms with Gasteiger partial charge in [-0.15, -0.1) is 0 Å². The maximum Gasteiger partial charge on any atom is 0.243 e. The Morgan fingerprint density at radius 2 is 1.68 bits per heavy atom. The lowest BCUT2D eigenvalue weighted by molar-refractivity contribution is 0.162. The van der Waals surface area contributed by atoms with Crippen molar-refractivity contribution in [2.75, 3.05) is 39.8 Å². The van der Waals surface area contributed by atoms with Crippen molar-refractivity contribution in [3.05, 3.63) is 24.3 Å². The number of hydrogen-bond acceptors (Lipinski definition) is 5. The molecule has 0 radical (unpaired) electrons. The molecule has 1 fully saturated rings. The average Bonchev–Trinajstić information content (AvgIpc) is 2.46. The van der Waals surface area contributed by atoms with Crippen LogP contribution in [0.3, 0.4) is 0 Å². The van der Waals surface area contributed by atoms with Crippen LogP contribution < -0.4 is 10.5 Å². The largest absolute Gasteiger partial charge is 0.497 e. The van der Waals surface area contributed by atoms with E-state index in [2.05, 4.69) is 4.90 Å². The van der Waals surface area contributed by atoms with Gasteiger partial charge < -0.3 is 10.5 Å². The quantitative estimate of drug-likeness (QED) is 0.863. The number of nitrogens with zero attached hydrogens (tertiary/aromatic N) is 2. The average molecular weight is 327 g/mol. The first-order valence-electron chi connectivity index (χ1n) is 7.38. The molecule has 1 heterocycles. The number of benzene rings is 1. The van der Waals surface area contributed by atoms with Gasteiger partial charge in [-0.25, -0.2) is 8.42 Å². The van der Waals surface area contributed by atoms with Crippen LogP contribution in [0.5, 0.6) is 5.75 Å². The van der Waals surface area contributed by atoms with E-state index in [0.717, 1.165) is 6.54 Å². The molecular formula is C15H25N3O3S. The molecule has 0 amide bonds. The molecule has 2 N–H and O–H groups in total. The van der Waals surface area contributed by atoms with Crippen molar-refractivity contribution in [2.45, 2.75) is 24.3 Å². The summed E-state index contributed by atoms with van der Waals surface area (Å²) < 4.78 is 31.8. The molecule has 0 unspecified atom stereocenters. The van der Waals surface area contributed by atoms with Crippen LogP contribution in [0, 0.1) is 0 Å². The van der Waals surface area contributed by atoms with Crippen molar-refractivity contribution < 1.29 is 13.2 Å². The fourth-order valence-electron chi connectivity index (χ4n) is 2.60. The van der Waals surface area contributed by atoms with Crippen LogP contribution in [0.1, 0.15) is 13.8 Å². The minimum Gasteiger partial charge on any atom is -0.497 e. The Hall–Kier alpha value is -1.15. The van der Waals surface area contributed by atoms with Crippen LogP contribution in [0.4, 0.5) is 0 Å². The molecule has 1 aromatic rings. The molecule has 0 aromatic heterocycles. The highest BCUT2D eigenvalue weighted by atomic mass is 32.2. The van der Waals surface area contributed by atoms with Crippen molar-refractivity contribution in [1.29, 1.82) is 0 Å². The van der Waals surface area contributed by atoms with Gasteiger partial charge in [-0.05, 0) is 38.1 Å². The lowest BCUT2D eigenvalue weighted by Crippen LogP contribution is -2.53. The second-order valence-electron chi connectivity index (χ2n) is 6.34. The van der Waals surface area contributed by atoms with Gasteiger partial charge in [0.05, 0.1) is 12.0 Å². The third kappa shape index (κ3) is 4.19. The normalized spacial score (nSPS) is 18.4. The predicted molar refractivity (Wildman–Crippen MR) is 86.5 cm³/mol. The Balaban J connectivity index is 2.02. The van der Waals surface area contributed by atoms with Crippen molar-refractivity contribution in [3.63, 3.8) is 0 Å². The Kier molecular flexibility index (Phi) is 5.11. The fourth-order valence-corrected chi connectivity index (χ4v) is 4.02. The minimum absolute atomic E-state index is 0.267. The first-order chi connectivity index (χ1) is 10.2. The second kappa shape index (κ2) is 6.54.